The normalized spacial score (nSPS) is 15.8. The zero-order valence-corrected chi connectivity index (χ0v) is 15.8. The van der Waals surface area contributed by atoms with Crippen LogP contribution in [0.1, 0.15) is 45.2 Å². The summed E-state index contributed by atoms with van der Waals surface area (Å²) in [5, 5.41) is 4.58. The Morgan fingerprint density at radius 3 is 2.50 bits per heavy atom. The van der Waals surface area contributed by atoms with Gasteiger partial charge in [0.05, 0.1) is 7.11 Å². The predicted octanol–water partition coefficient (Wildman–Crippen LogP) is 3.26. The van der Waals surface area contributed by atoms with Gasteiger partial charge >= 0.3 is 6.09 Å². The molecule has 1 aromatic carbocycles. The van der Waals surface area contributed by atoms with E-state index < -0.39 is 11.7 Å². The Balaban J connectivity index is 2.20. The number of nitrogens with zero attached hydrogens (tertiary/aromatic N) is 1. The van der Waals surface area contributed by atoms with Gasteiger partial charge in [0.1, 0.15) is 11.4 Å². The molecular weight excluding hydrogens is 332 g/mol. The Labute approximate surface area is 153 Å². The number of aromatic nitrogens is 1. The first kappa shape index (κ1) is 18.5. The lowest BCUT2D eigenvalue weighted by Crippen LogP contribution is -2.37. The van der Waals surface area contributed by atoms with E-state index in [9.17, 15) is 9.59 Å². The summed E-state index contributed by atoms with van der Waals surface area (Å²) >= 11 is 0. The summed E-state index contributed by atoms with van der Waals surface area (Å²) in [5.74, 6) is 0.815. The summed E-state index contributed by atoms with van der Waals surface area (Å²) < 4.78 is 12.0. The molecule has 1 saturated heterocycles. The highest BCUT2D eigenvalue weighted by Crippen LogP contribution is 2.28. The average molecular weight is 358 g/mol. The van der Waals surface area contributed by atoms with E-state index in [1.165, 1.54) is 4.57 Å². The molecule has 6 heteroatoms. The molecule has 2 heterocycles. The fraction of sp³-hybridized carbons (Fsp3) is 0.500. The van der Waals surface area contributed by atoms with Gasteiger partial charge in [-0.3, -0.25) is 4.79 Å². The van der Waals surface area contributed by atoms with Gasteiger partial charge in [-0.1, -0.05) is 0 Å². The number of hydrogen-bond donors (Lipinski definition) is 1. The molecule has 140 valence electrons. The molecule has 1 N–H and O–H groups in total. The van der Waals surface area contributed by atoms with Crippen LogP contribution in [-0.2, 0) is 4.74 Å². The molecule has 6 nitrogen and oxygen atoms in total. The summed E-state index contributed by atoms with van der Waals surface area (Å²) in [4.78, 5) is 25.9. The fourth-order valence-corrected chi connectivity index (χ4v) is 3.36. The molecule has 0 saturated carbocycles. The molecule has 0 unspecified atom stereocenters. The highest BCUT2D eigenvalue weighted by Gasteiger charge is 2.27. The van der Waals surface area contributed by atoms with Crippen LogP contribution in [0.3, 0.4) is 0 Å². The number of hydrogen-bond acceptors (Lipinski definition) is 5. The average Bonchev–Trinajstić information content (AvgIpc) is 2.60. The van der Waals surface area contributed by atoms with Gasteiger partial charge in [-0.25, -0.2) is 9.36 Å². The van der Waals surface area contributed by atoms with Gasteiger partial charge in [0, 0.05) is 17.0 Å². The molecule has 26 heavy (non-hydrogen) atoms. The number of benzene rings is 1. The Morgan fingerprint density at radius 1 is 1.19 bits per heavy atom. The lowest BCUT2D eigenvalue weighted by molar-refractivity contribution is 0.0523. The highest BCUT2D eigenvalue weighted by atomic mass is 16.6. The molecule has 0 radical (unpaired) electrons. The second-order valence-electron chi connectivity index (χ2n) is 7.67. The van der Waals surface area contributed by atoms with Gasteiger partial charge in [0.25, 0.3) is 5.56 Å². The van der Waals surface area contributed by atoms with E-state index in [1.807, 2.05) is 12.1 Å². The molecule has 0 bridgehead atoms. The number of nitrogens with one attached hydrogen (secondary N) is 1. The van der Waals surface area contributed by atoms with Gasteiger partial charge in [-0.2, -0.15) is 0 Å². The van der Waals surface area contributed by atoms with Crippen molar-refractivity contribution in [1.29, 1.82) is 0 Å². The highest BCUT2D eigenvalue weighted by molar-refractivity contribution is 5.86. The summed E-state index contributed by atoms with van der Waals surface area (Å²) in [6.07, 6.45) is 1.13. The molecule has 1 aliphatic heterocycles. The lowest BCUT2D eigenvalue weighted by atomic mass is 9.92. The molecule has 3 rings (SSSR count). The minimum atomic E-state index is -0.670. The maximum absolute atomic E-state index is 13.1. The van der Waals surface area contributed by atoms with Crippen molar-refractivity contribution in [2.45, 2.75) is 45.1 Å². The van der Waals surface area contributed by atoms with Crippen LogP contribution in [0, 0.1) is 0 Å². The van der Waals surface area contributed by atoms with E-state index in [-0.39, 0.29) is 11.5 Å². The van der Waals surface area contributed by atoms with Crippen LogP contribution in [0.25, 0.3) is 10.8 Å². The molecule has 0 spiro atoms. The van der Waals surface area contributed by atoms with Crippen LogP contribution >= 0.6 is 0 Å². The van der Waals surface area contributed by atoms with Gasteiger partial charge < -0.3 is 14.8 Å². The summed E-state index contributed by atoms with van der Waals surface area (Å²) in [5.41, 5.74) is -0.295. The molecule has 0 amide bonds. The Bertz CT molecular complexity index is 874. The number of carbonyl (C=O) groups is 1. The topological polar surface area (TPSA) is 69.6 Å². The van der Waals surface area contributed by atoms with Crippen molar-refractivity contribution in [1.82, 2.24) is 9.88 Å². The van der Waals surface area contributed by atoms with Gasteiger partial charge in [-0.15, -0.1) is 0 Å². The Hall–Kier alpha value is -2.34. The monoisotopic (exact) mass is 358 g/mol. The Kier molecular flexibility index (Phi) is 5.05. The first-order chi connectivity index (χ1) is 12.3. The quantitative estimate of drug-likeness (QED) is 0.892. The van der Waals surface area contributed by atoms with Crippen molar-refractivity contribution in [3.63, 3.8) is 0 Å². The number of rotatable bonds is 2. The van der Waals surface area contributed by atoms with E-state index in [1.54, 1.807) is 40.0 Å². The minimum Gasteiger partial charge on any atom is -0.497 e. The predicted molar refractivity (Wildman–Crippen MR) is 101 cm³/mol. The molecular formula is C20H26N2O4. The largest absolute Gasteiger partial charge is 0.497 e. The maximum atomic E-state index is 13.1. The van der Waals surface area contributed by atoms with Crippen LogP contribution in [0.2, 0.25) is 0 Å². The number of pyridine rings is 1. The molecule has 1 aromatic heterocycles. The van der Waals surface area contributed by atoms with Crippen molar-refractivity contribution < 1.29 is 14.3 Å². The lowest BCUT2D eigenvalue weighted by Gasteiger charge is -2.27. The molecule has 1 fully saturated rings. The van der Waals surface area contributed by atoms with E-state index in [0.29, 0.717) is 16.8 Å². The molecule has 2 aromatic rings. The smallest absolute Gasteiger partial charge is 0.421 e. The second-order valence-corrected chi connectivity index (χ2v) is 7.67. The van der Waals surface area contributed by atoms with Gasteiger partial charge in [0.2, 0.25) is 0 Å². The Morgan fingerprint density at radius 2 is 1.88 bits per heavy atom. The number of piperidine rings is 1. The van der Waals surface area contributed by atoms with Gasteiger partial charge in [-0.05, 0) is 76.4 Å². The van der Waals surface area contributed by atoms with Crippen LogP contribution < -0.4 is 15.6 Å². The van der Waals surface area contributed by atoms with Crippen LogP contribution in [0.4, 0.5) is 4.79 Å². The zero-order valence-electron chi connectivity index (χ0n) is 15.8. The minimum absolute atomic E-state index is 0.132. The van der Waals surface area contributed by atoms with E-state index in [0.717, 1.165) is 31.3 Å². The van der Waals surface area contributed by atoms with E-state index >= 15 is 0 Å². The summed E-state index contributed by atoms with van der Waals surface area (Å²) in [7, 11) is 1.59. The number of carbonyl (C=O) groups excluding carboxylic acids is 1. The first-order valence-electron chi connectivity index (χ1n) is 8.98. The second kappa shape index (κ2) is 7.11. The zero-order chi connectivity index (χ0) is 18.9. The summed E-state index contributed by atoms with van der Waals surface area (Å²) in [6.45, 7) is 7.12. The number of methoxy groups -OCH3 is 1. The van der Waals surface area contributed by atoms with Crippen molar-refractivity contribution in [3.05, 3.63) is 40.3 Å². The third-order valence-electron chi connectivity index (χ3n) is 4.59. The fourth-order valence-electron chi connectivity index (χ4n) is 3.36. The molecule has 0 atom stereocenters. The number of fused-ring (bicyclic) bond motifs is 1. The SMILES string of the molecule is COc1ccc2c(=O)n(C(=O)OC(C)(C)C)c(C3CCNCC3)cc2c1. The van der Waals surface area contributed by atoms with Crippen LogP contribution in [-0.4, -0.2) is 36.5 Å². The van der Waals surface area contributed by atoms with Crippen LogP contribution in [0.5, 0.6) is 5.75 Å². The van der Waals surface area contributed by atoms with E-state index in [2.05, 4.69) is 5.32 Å². The van der Waals surface area contributed by atoms with E-state index in [4.69, 9.17) is 9.47 Å². The summed E-state index contributed by atoms with van der Waals surface area (Å²) in [6, 6.07) is 7.19. The third-order valence-corrected chi connectivity index (χ3v) is 4.59. The van der Waals surface area contributed by atoms with Gasteiger partial charge in [0.15, 0.2) is 0 Å². The maximum Gasteiger partial charge on any atom is 0.421 e. The standard InChI is InChI=1S/C20H26N2O4/c1-20(2,3)26-19(24)22-17(13-7-9-21-10-8-13)12-14-11-15(25-4)5-6-16(14)18(22)23/h5-6,11-13,21H,7-10H2,1-4H3. The molecule has 0 aliphatic carbocycles. The van der Waals surface area contributed by atoms with Crippen LogP contribution in [0.15, 0.2) is 29.1 Å². The van der Waals surface area contributed by atoms with Crippen molar-refractivity contribution >= 4 is 16.9 Å². The number of ether oxygens (including phenoxy) is 2. The first-order valence-corrected chi connectivity index (χ1v) is 8.98. The van der Waals surface area contributed by atoms with Crippen molar-refractivity contribution in [2.75, 3.05) is 20.2 Å². The third kappa shape index (κ3) is 3.75. The van der Waals surface area contributed by atoms with Crippen molar-refractivity contribution in [3.8, 4) is 5.75 Å². The molecule has 1 aliphatic rings. The van der Waals surface area contributed by atoms with Crippen molar-refractivity contribution in [2.24, 2.45) is 0 Å².